The van der Waals surface area contributed by atoms with E-state index in [1.807, 2.05) is 0 Å². The molecule has 3 aromatic carbocycles. The normalized spacial score (nSPS) is 13.1. The van der Waals surface area contributed by atoms with Crippen LogP contribution in [0.1, 0.15) is 11.1 Å². The molecular weight excluding hydrogens is 568 g/mol. The summed E-state index contributed by atoms with van der Waals surface area (Å²) in [5, 5.41) is 0.0557. The first-order valence-electron chi connectivity index (χ1n) is 9.82. The van der Waals surface area contributed by atoms with Crippen molar-refractivity contribution in [2.75, 3.05) is 9.44 Å². The Morgan fingerprint density at radius 1 is 0.730 bits per heavy atom. The zero-order valence-electron chi connectivity index (χ0n) is 17.9. The van der Waals surface area contributed by atoms with E-state index >= 15 is 0 Å². The topological polar surface area (TPSA) is 110 Å². The second kappa shape index (κ2) is 8.88. The number of hydrogen-bond donors (Lipinski definition) is 1. The van der Waals surface area contributed by atoms with Gasteiger partial charge in [0.1, 0.15) is 0 Å². The van der Waals surface area contributed by atoms with E-state index in [1.54, 1.807) is 0 Å². The molecule has 0 fully saturated rings. The molecule has 1 heterocycles. The van der Waals surface area contributed by atoms with Gasteiger partial charge in [0.2, 0.25) is 0 Å². The van der Waals surface area contributed by atoms with Crippen LogP contribution in [0.3, 0.4) is 0 Å². The van der Waals surface area contributed by atoms with Gasteiger partial charge in [-0.1, -0.05) is 23.5 Å². The van der Waals surface area contributed by atoms with Crippen LogP contribution in [-0.4, -0.2) is 21.8 Å². The first-order chi connectivity index (χ1) is 17.0. The molecule has 37 heavy (non-hydrogen) atoms. The molecule has 4 rings (SSSR count). The Kier molecular flexibility index (Phi) is 6.41. The zero-order chi connectivity index (χ0) is 27.4. The molecule has 0 atom stereocenters. The Labute approximate surface area is 209 Å². The number of nitrogens with two attached hydrogens (primary N) is 1. The van der Waals surface area contributed by atoms with Gasteiger partial charge in [0.05, 0.1) is 36.8 Å². The number of hydrogen-bond acceptors (Lipinski definition) is 7. The van der Waals surface area contributed by atoms with Crippen LogP contribution in [-0.2, 0) is 32.4 Å². The lowest BCUT2D eigenvalue weighted by Gasteiger charge is -2.25. The van der Waals surface area contributed by atoms with Gasteiger partial charge in [0.25, 0.3) is 20.0 Å². The van der Waals surface area contributed by atoms with Crippen LogP contribution in [0.25, 0.3) is 10.2 Å². The van der Waals surface area contributed by atoms with E-state index in [4.69, 9.17) is 5.73 Å². The Morgan fingerprint density at radius 3 is 1.68 bits per heavy atom. The van der Waals surface area contributed by atoms with Gasteiger partial charge in [-0.15, -0.1) is 0 Å². The number of fused-ring (bicyclic) bond motifs is 1. The third-order valence-corrected chi connectivity index (χ3v) is 9.97. The standard InChI is InChI=1S/C21H13F6N3O4S3/c22-20(23,24)12-3-1-5-15(9-12)36(31,32)30(14-7-8-17-18(11-14)35-19(28)29-17)37(33,34)16-6-2-4-13(10-16)21(25,26)27/h1-11H,(H2,28,29). The second-order valence-electron chi connectivity index (χ2n) is 7.46. The Balaban J connectivity index is 1.99. The van der Waals surface area contributed by atoms with Gasteiger partial charge in [-0.2, -0.15) is 30.1 Å². The lowest BCUT2D eigenvalue weighted by molar-refractivity contribution is -0.138. The highest BCUT2D eigenvalue weighted by Crippen LogP contribution is 2.38. The van der Waals surface area contributed by atoms with Gasteiger partial charge in [-0.25, -0.2) is 21.8 Å². The fourth-order valence-corrected chi connectivity index (χ4v) is 7.84. The third kappa shape index (κ3) is 5.08. The number of aromatic nitrogens is 1. The van der Waals surface area contributed by atoms with E-state index in [2.05, 4.69) is 4.98 Å². The minimum atomic E-state index is -5.34. The van der Waals surface area contributed by atoms with E-state index in [9.17, 15) is 43.2 Å². The Bertz CT molecular complexity index is 1630. The highest BCUT2D eigenvalue weighted by Gasteiger charge is 2.40. The summed E-state index contributed by atoms with van der Waals surface area (Å²) in [7, 11) is -10.7. The summed E-state index contributed by atoms with van der Waals surface area (Å²) in [5.74, 6) is 0. The summed E-state index contributed by atoms with van der Waals surface area (Å²) in [4.78, 5) is 1.85. The first-order valence-corrected chi connectivity index (χ1v) is 13.5. The summed E-state index contributed by atoms with van der Waals surface area (Å²) >= 11 is 0.861. The highest BCUT2D eigenvalue weighted by atomic mass is 32.3. The summed E-state index contributed by atoms with van der Waals surface area (Å²) in [6.45, 7) is 0. The van der Waals surface area contributed by atoms with Crippen LogP contribution in [0.5, 0.6) is 0 Å². The fraction of sp³-hybridized carbons (Fsp3) is 0.0952. The molecule has 4 aromatic rings. The molecule has 0 bridgehead atoms. The molecule has 16 heteroatoms. The zero-order valence-corrected chi connectivity index (χ0v) is 20.4. The average molecular weight is 582 g/mol. The van der Waals surface area contributed by atoms with Crippen LogP contribution in [0.2, 0.25) is 0 Å². The summed E-state index contributed by atoms with van der Waals surface area (Å²) in [6, 6.07) is 7.89. The lowest BCUT2D eigenvalue weighted by Crippen LogP contribution is -2.37. The van der Waals surface area contributed by atoms with Crippen molar-refractivity contribution in [2.45, 2.75) is 22.1 Å². The molecule has 0 saturated heterocycles. The van der Waals surface area contributed by atoms with Crippen LogP contribution >= 0.6 is 11.3 Å². The molecule has 0 aliphatic heterocycles. The SMILES string of the molecule is Nc1nc2ccc(N(S(=O)(=O)c3cccc(C(F)(F)F)c3)S(=O)(=O)c3cccc(C(F)(F)F)c3)cc2s1. The molecule has 1 aromatic heterocycles. The van der Waals surface area contributed by atoms with Gasteiger partial charge in [-0.05, 0) is 54.6 Å². The maximum Gasteiger partial charge on any atom is 0.416 e. The molecule has 0 spiro atoms. The molecule has 196 valence electrons. The molecular formula is C21H13F6N3O4S3. The van der Waals surface area contributed by atoms with Gasteiger partial charge in [-0.3, -0.25) is 0 Å². The van der Waals surface area contributed by atoms with E-state index in [1.165, 1.54) is 6.07 Å². The van der Waals surface area contributed by atoms with Crippen molar-refractivity contribution in [3.8, 4) is 0 Å². The molecule has 7 nitrogen and oxygen atoms in total. The van der Waals surface area contributed by atoms with Crippen molar-refractivity contribution in [1.29, 1.82) is 0 Å². The molecule has 0 radical (unpaired) electrons. The summed E-state index contributed by atoms with van der Waals surface area (Å²) in [5.41, 5.74) is 2.56. The summed E-state index contributed by atoms with van der Waals surface area (Å²) < 4.78 is 134. The maximum atomic E-state index is 13.6. The number of nitrogen functional groups attached to an aromatic ring is 1. The van der Waals surface area contributed by atoms with Crippen molar-refractivity contribution in [3.63, 3.8) is 0 Å². The highest BCUT2D eigenvalue weighted by molar-refractivity contribution is 8.10. The molecule has 0 aliphatic carbocycles. The van der Waals surface area contributed by atoms with Crippen LogP contribution in [0, 0.1) is 0 Å². The van der Waals surface area contributed by atoms with Gasteiger partial charge in [0, 0.05) is 0 Å². The van der Waals surface area contributed by atoms with Crippen molar-refractivity contribution in [2.24, 2.45) is 0 Å². The van der Waals surface area contributed by atoms with E-state index in [-0.39, 0.29) is 31.2 Å². The maximum absolute atomic E-state index is 13.6. The number of anilines is 2. The van der Waals surface area contributed by atoms with Gasteiger partial charge < -0.3 is 5.73 Å². The minimum Gasteiger partial charge on any atom is -0.375 e. The van der Waals surface area contributed by atoms with Crippen molar-refractivity contribution in [3.05, 3.63) is 77.9 Å². The van der Waals surface area contributed by atoms with Gasteiger partial charge in [0.15, 0.2) is 5.13 Å². The summed E-state index contributed by atoms with van der Waals surface area (Å²) in [6.07, 6.45) is -9.93. The molecule has 0 amide bonds. The average Bonchev–Trinajstić information content (AvgIpc) is 3.17. The number of benzene rings is 3. The molecule has 0 saturated carbocycles. The first kappa shape index (κ1) is 26.7. The van der Waals surface area contributed by atoms with Crippen LogP contribution in [0.15, 0.2) is 76.5 Å². The van der Waals surface area contributed by atoms with E-state index < -0.39 is 59.0 Å². The number of sulfonamides is 2. The predicted molar refractivity (Wildman–Crippen MR) is 124 cm³/mol. The van der Waals surface area contributed by atoms with Crippen molar-refractivity contribution < 1.29 is 43.2 Å². The molecule has 2 N–H and O–H groups in total. The van der Waals surface area contributed by atoms with Crippen molar-refractivity contribution in [1.82, 2.24) is 4.98 Å². The van der Waals surface area contributed by atoms with Crippen LogP contribution in [0.4, 0.5) is 37.2 Å². The number of thiazole rings is 1. The van der Waals surface area contributed by atoms with E-state index in [0.717, 1.165) is 47.7 Å². The van der Waals surface area contributed by atoms with Gasteiger partial charge >= 0.3 is 12.4 Å². The monoisotopic (exact) mass is 581 g/mol. The minimum absolute atomic E-state index is 0.0557. The third-order valence-electron chi connectivity index (χ3n) is 4.95. The predicted octanol–water partition coefficient (Wildman–Crippen LogP) is 5.50. The quantitative estimate of drug-likeness (QED) is 0.312. The Hall–Kier alpha value is -3.37. The molecule has 0 aliphatic rings. The Morgan fingerprint density at radius 2 is 1.22 bits per heavy atom. The van der Waals surface area contributed by atoms with Crippen LogP contribution < -0.4 is 9.44 Å². The second-order valence-corrected chi connectivity index (χ2v) is 12.3. The number of halogens is 6. The van der Waals surface area contributed by atoms with E-state index in [0.29, 0.717) is 12.1 Å². The largest absolute Gasteiger partial charge is 0.416 e. The van der Waals surface area contributed by atoms with Crippen molar-refractivity contribution >= 4 is 52.4 Å². The lowest BCUT2D eigenvalue weighted by atomic mass is 10.2. The number of rotatable bonds is 5. The fourth-order valence-electron chi connectivity index (χ4n) is 3.31. The smallest absolute Gasteiger partial charge is 0.375 e. The number of alkyl halides is 6. The molecule has 0 unspecified atom stereocenters. The number of nitrogens with zero attached hydrogens (tertiary/aromatic N) is 2.